The van der Waals surface area contributed by atoms with E-state index in [4.69, 9.17) is 10.5 Å². The predicted octanol–water partition coefficient (Wildman–Crippen LogP) is 2.51. The summed E-state index contributed by atoms with van der Waals surface area (Å²) >= 11 is 0. The van der Waals surface area contributed by atoms with Crippen LogP contribution in [-0.2, 0) is 9.53 Å². The first-order chi connectivity index (χ1) is 11.3. The maximum Gasteiger partial charge on any atom is 0.253 e. The van der Waals surface area contributed by atoms with Gasteiger partial charge in [-0.1, -0.05) is 25.0 Å². The second kappa shape index (κ2) is 7.79. The van der Waals surface area contributed by atoms with E-state index in [0.29, 0.717) is 6.54 Å². The summed E-state index contributed by atoms with van der Waals surface area (Å²) in [4.78, 5) is 14.9. The van der Waals surface area contributed by atoms with Crippen molar-refractivity contribution in [1.29, 1.82) is 0 Å². The Morgan fingerprint density at radius 2 is 1.91 bits per heavy atom. The molecule has 1 aromatic carbocycles. The lowest BCUT2D eigenvalue weighted by atomic mass is 10.1. The molecule has 1 aromatic rings. The topological polar surface area (TPSA) is 67.6 Å². The zero-order chi connectivity index (χ0) is 16.1. The smallest absolute Gasteiger partial charge is 0.253 e. The Bertz CT molecular complexity index is 527. The van der Waals surface area contributed by atoms with E-state index in [1.54, 1.807) is 0 Å². The molecule has 0 aromatic heterocycles. The van der Waals surface area contributed by atoms with Gasteiger partial charge in [-0.3, -0.25) is 4.79 Å². The molecule has 0 aliphatic carbocycles. The molecule has 5 heteroatoms. The van der Waals surface area contributed by atoms with Crippen LogP contribution in [0.2, 0.25) is 0 Å². The number of nitrogens with zero attached hydrogens (tertiary/aromatic N) is 1. The van der Waals surface area contributed by atoms with E-state index in [2.05, 4.69) is 16.3 Å². The Kier molecular flexibility index (Phi) is 5.51. The number of carbonyl (C=O) groups excluding carboxylic acids is 1. The standard InChI is InChI=1S/C18H27N3O2/c19-13-14-9-10-17(23-14)18(22)20-15-7-3-4-8-16(15)21-11-5-1-2-6-12-21/h3-4,7-8,14,17H,1-2,5-6,9-13,19H2,(H,20,22)/t14-,17+/m1/s1. The van der Waals surface area contributed by atoms with E-state index < -0.39 is 0 Å². The number of anilines is 2. The summed E-state index contributed by atoms with van der Waals surface area (Å²) in [5, 5.41) is 3.07. The number of nitrogens with one attached hydrogen (secondary N) is 1. The highest BCUT2D eigenvalue weighted by Gasteiger charge is 2.30. The summed E-state index contributed by atoms with van der Waals surface area (Å²) < 4.78 is 5.70. The van der Waals surface area contributed by atoms with Crippen LogP contribution in [0.5, 0.6) is 0 Å². The van der Waals surface area contributed by atoms with Crippen LogP contribution in [0, 0.1) is 0 Å². The average Bonchev–Trinajstić information content (AvgIpc) is 2.90. The molecular weight excluding hydrogens is 290 g/mol. The fraction of sp³-hybridized carbons (Fsp3) is 0.611. The minimum atomic E-state index is -0.374. The second-order valence-electron chi connectivity index (χ2n) is 6.47. The van der Waals surface area contributed by atoms with Crippen molar-refractivity contribution < 1.29 is 9.53 Å². The molecule has 23 heavy (non-hydrogen) atoms. The fourth-order valence-electron chi connectivity index (χ4n) is 3.45. The van der Waals surface area contributed by atoms with Gasteiger partial charge in [0.05, 0.1) is 17.5 Å². The maximum absolute atomic E-state index is 12.5. The van der Waals surface area contributed by atoms with Crippen LogP contribution in [0.3, 0.4) is 0 Å². The first-order valence-electron chi connectivity index (χ1n) is 8.78. The van der Waals surface area contributed by atoms with Gasteiger partial charge in [0.2, 0.25) is 0 Å². The number of amides is 1. The van der Waals surface area contributed by atoms with Crippen LogP contribution in [0.15, 0.2) is 24.3 Å². The van der Waals surface area contributed by atoms with E-state index in [0.717, 1.165) is 37.3 Å². The highest BCUT2D eigenvalue weighted by Crippen LogP contribution is 2.29. The number of carbonyl (C=O) groups is 1. The Hall–Kier alpha value is -1.59. The molecular formula is C18H27N3O2. The van der Waals surface area contributed by atoms with Gasteiger partial charge in [0.15, 0.2) is 0 Å². The van der Waals surface area contributed by atoms with Crippen LogP contribution >= 0.6 is 0 Å². The monoisotopic (exact) mass is 317 g/mol. The van der Waals surface area contributed by atoms with E-state index in [1.807, 2.05) is 18.2 Å². The lowest BCUT2D eigenvalue weighted by Gasteiger charge is -2.26. The van der Waals surface area contributed by atoms with Gasteiger partial charge in [-0.2, -0.15) is 0 Å². The van der Waals surface area contributed by atoms with Gasteiger partial charge in [0.1, 0.15) is 6.10 Å². The third-order valence-electron chi connectivity index (χ3n) is 4.77. The van der Waals surface area contributed by atoms with Gasteiger partial charge in [-0.15, -0.1) is 0 Å². The van der Waals surface area contributed by atoms with Gasteiger partial charge in [-0.25, -0.2) is 0 Å². The minimum absolute atomic E-state index is 0.0200. The Labute approximate surface area is 138 Å². The van der Waals surface area contributed by atoms with Crippen molar-refractivity contribution >= 4 is 17.3 Å². The molecule has 2 atom stereocenters. The molecule has 2 aliphatic heterocycles. The van der Waals surface area contributed by atoms with Crippen LogP contribution in [0.4, 0.5) is 11.4 Å². The van der Waals surface area contributed by atoms with Gasteiger partial charge in [0.25, 0.3) is 5.91 Å². The van der Waals surface area contributed by atoms with Crippen molar-refractivity contribution in [2.75, 3.05) is 29.9 Å². The van der Waals surface area contributed by atoms with Crippen LogP contribution in [-0.4, -0.2) is 37.7 Å². The largest absolute Gasteiger partial charge is 0.370 e. The summed E-state index contributed by atoms with van der Waals surface area (Å²) in [5.41, 5.74) is 7.63. The average molecular weight is 317 g/mol. The van der Waals surface area contributed by atoms with E-state index >= 15 is 0 Å². The highest BCUT2D eigenvalue weighted by molar-refractivity contribution is 5.97. The lowest BCUT2D eigenvalue weighted by molar-refractivity contribution is -0.126. The third-order valence-corrected chi connectivity index (χ3v) is 4.77. The van der Waals surface area contributed by atoms with Gasteiger partial charge in [0, 0.05) is 19.6 Å². The normalized spacial score (nSPS) is 25.2. The predicted molar refractivity (Wildman–Crippen MR) is 92.7 cm³/mol. The van der Waals surface area contributed by atoms with E-state index in [-0.39, 0.29) is 18.1 Å². The van der Waals surface area contributed by atoms with Gasteiger partial charge < -0.3 is 20.7 Å². The summed E-state index contributed by atoms with van der Waals surface area (Å²) in [7, 11) is 0. The van der Waals surface area contributed by atoms with Crippen molar-refractivity contribution in [3.63, 3.8) is 0 Å². The van der Waals surface area contributed by atoms with E-state index in [9.17, 15) is 4.79 Å². The lowest BCUT2D eigenvalue weighted by Crippen LogP contribution is -2.31. The van der Waals surface area contributed by atoms with Crippen molar-refractivity contribution in [3.8, 4) is 0 Å². The quantitative estimate of drug-likeness (QED) is 0.895. The molecule has 0 bridgehead atoms. The molecule has 2 fully saturated rings. The molecule has 1 amide bonds. The Balaban J connectivity index is 1.69. The van der Waals surface area contributed by atoms with Crippen LogP contribution < -0.4 is 16.0 Å². The molecule has 126 valence electrons. The molecule has 2 aliphatic rings. The third kappa shape index (κ3) is 4.03. The number of hydrogen-bond acceptors (Lipinski definition) is 4. The second-order valence-corrected chi connectivity index (χ2v) is 6.47. The molecule has 3 N–H and O–H groups in total. The van der Waals surface area contributed by atoms with Crippen molar-refractivity contribution in [1.82, 2.24) is 0 Å². The molecule has 0 spiro atoms. The highest BCUT2D eigenvalue weighted by atomic mass is 16.5. The number of rotatable bonds is 4. The van der Waals surface area contributed by atoms with Crippen LogP contribution in [0.25, 0.3) is 0 Å². The number of ether oxygens (including phenoxy) is 1. The first kappa shape index (κ1) is 16.3. The summed E-state index contributed by atoms with van der Waals surface area (Å²) in [5.74, 6) is -0.0526. The molecule has 0 unspecified atom stereocenters. The Morgan fingerprint density at radius 1 is 1.17 bits per heavy atom. The zero-order valence-corrected chi connectivity index (χ0v) is 13.7. The van der Waals surface area contributed by atoms with E-state index in [1.165, 1.54) is 25.7 Å². The number of benzene rings is 1. The molecule has 2 saturated heterocycles. The number of para-hydroxylation sites is 2. The van der Waals surface area contributed by atoms with Gasteiger partial charge in [-0.05, 0) is 37.8 Å². The molecule has 0 radical (unpaired) electrons. The van der Waals surface area contributed by atoms with Crippen molar-refractivity contribution in [3.05, 3.63) is 24.3 Å². The number of hydrogen-bond donors (Lipinski definition) is 2. The van der Waals surface area contributed by atoms with Crippen molar-refractivity contribution in [2.45, 2.75) is 50.7 Å². The first-order valence-corrected chi connectivity index (χ1v) is 8.78. The molecule has 2 heterocycles. The zero-order valence-electron chi connectivity index (χ0n) is 13.7. The molecule has 3 rings (SSSR count). The van der Waals surface area contributed by atoms with Crippen LogP contribution in [0.1, 0.15) is 38.5 Å². The Morgan fingerprint density at radius 3 is 2.61 bits per heavy atom. The molecule has 5 nitrogen and oxygen atoms in total. The fourth-order valence-corrected chi connectivity index (χ4v) is 3.45. The molecule has 0 saturated carbocycles. The number of nitrogens with two attached hydrogens (primary N) is 1. The maximum atomic E-state index is 12.5. The summed E-state index contributed by atoms with van der Waals surface area (Å²) in [6.45, 7) is 2.60. The summed E-state index contributed by atoms with van der Waals surface area (Å²) in [6.07, 6.45) is 6.27. The SMILES string of the molecule is NC[C@H]1CC[C@@H](C(=O)Nc2ccccc2N2CCCCCC2)O1. The van der Waals surface area contributed by atoms with Crippen molar-refractivity contribution in [2.24, 2.45) is 5.73 Å². The minimum Gasteiger partial charge on any atom is -0.370 e. The van der Waals surface area contributed by atoms with Gasteiger partial charge >= 0.3 is 0 Å². The summed E-state index contributed by atoms with van der Waals surface area (Å²) in [6, 6.07) is 8.08.